The highest BCUT2D eigenvalue weighted by Gasteiger charge is 2.20. The van der Waals surface area contributed by atoms with Crippen molar-refractivity contribution in [3.63, 3.8) is 0 Å². The summed E-state index contributed by atoms with van der Waals surface area (Å²) in [7, 11) is 0. The Hall–Kier alpha value is -2.55. The summed E-state index contributed by atoms with van der Waals surface area (Å²) >= 11 is 0. The molecule has 0 aliphatic carbocycles. The molecule has 0 spiro atoms. The van der Waals surface area contributed by atoms with Crippen LogP contribution in [0, 0.1) is 6.92 Å². The molecule has 0 fully saturated rings. The van der Waals surface area contributed by atoms with Crippen LogP contribution in [-0.2, 0) is 6.42 Å². The van der Waals surface area contributed by atoms with E-state index in [0.29, 0.717) is 0 Å². The summed E-state index contributed by atoms with van der Waals surface area (Å²) in [6, 6.07) is 16.6. The fraction of sp³-hybridized carbons (Fsp3) is 0.211. The number of fused-ring (bicyclic) bond motifs is 1. The minimum Gasteiger partial charge on any atom is -0.490 e. The van der Waals surface area contributed by atoms with Crippen LogP contribution in [0.2, 0.25) is 0 Å². The van der Waals surface area contributed by atoms with Crippen LogP contribution in [0.4, 0.5) is 0 Å². The fourth-order valence-corrected chi connectivity index (χ4v) is 3.03. The lowest BCUT2D eigenvalue weighted by Crippen LogP contribution is -2.05. The molecule has 0 radical (unpaired) electrons. The standard InChI is InChI=1S/C19H18N2O/c1-13-12-21(17-6-4-3-5-7-17)20-19(13)15-8-9-18-16(11-15)10-14(2)22-18/h3-9,11-12,14H,10H2,1-2H3. The lowest BCUT2D eigenvalue weighted by Gasteiger charge is -2.03. The highest BCUT2D eigenvalue weighted by atomic mass is 16.5. The Morgan fingerprint density at radius 1 is 1.14 bits per heavy atom. The van der Waals surface area contributed by atoms with Gasteiger partial charge in [0.15, 0.2) is 0 Å². The second-order valence-corrected chi connectivity index (χ2v) is 5.90. The summed E-state index contributed by atoms with van der Waals surface area (Å²) in [6.45, 7) is 4.21. The summed E-state index contributed by atoms with van der Waals surface area (Å²) in [6.07, 6.45) is 3.33. The first-order chi connectivity index (χ1) is 10.7. The average Bonchev–Trinajstić information content (AvgIpc) is 3.09. The zero-order chi connectivity index (χ0) is 15.1. The smallest absolute Gasteiger partial charge is 0.123 e. The number of hydrogen-bond acceptors (Lipinski definition) is 2. The molecule has 4 rings (SSSR count). The highest BCUT2D eigenvalue weighted by Crippen LogP contribution is 2.33. The van der Waals surface area contributed by atoms with Gasteiger partial charge in [-0.15, -0.1) is 0 Å². The molecule has 1 unspecified atom stereocenters. The topological polar surface area (TPSA) is 27.1 Å². The molecule has 0 amide bonds. The van der Waals surface area contributed by atoms with Crippen molar-refractivity contribution in [2.45, 2.75) is 26.4 Å². The summed E-state index contributed by atoms with van der Waals surface area (Å²) in [5.41, 5.74) is 5.72. The third kappa shape index (κ3) is 2.19. The zero-order valence-corrected chi connectivity index (χ0v) is 12.8. The maximum atomic E-state index is 5.78. The van der Waals surface area contributed by atoms with E-state index in [1.165, 1.54) is 11.1 Å². The van der Waals surface area contributed by atoms with Gasteiger partial charge in [0.25, 0.3) is 0 Å². The molecule has 1 aliphatic heterocycles. The van der Waals surface area contributed by atoms with Gasteiger partial charge in [0.1, 0.15) is 11.9 Å². The van der Waals surface area contributed by atoms with Gasteiger partial charge in [-0.1, -0.05) is 18.2 Å². The van der Waals surface area contributed by atoms with E-state index in [4.69, 9.17) is 9.84 Å². The SMILES string of the molecule is Cc1cn(-c2ccccc2)nc1-c1ccc2c(c1)CC(C)O2. The van der Waals surface area contributed by atoms with E-state index >= 15 is 0 Å². The number of para-hydroxylation sites is 1. The van der Waals surface area contributed by atoms with Gasteiger partial charge in [-0.25, -0.2) is 4.68 Å². The van der Waals surface area contributed by atoms with Gasteiger partial charge in [-0.05, 0) is 55.3 Å². The van der Waals surface area contributed by atoms with Crippen LogP contribution in [-0.4, -0.2) is 15.9 Å². The molecule has 1 atom stereocenters. The molecule has 3 heteroatoms. The van der Waals surface area contributed by atoms with Crippen molar-refractivity contribution in [1.29, 1.82) is 0 Å². The van der Waals surface area contributed by atoms with Crippen molar-refractivity contribution in [1.82, 2.24) is 9.78 Å². The normalized spacial score (nSPS) is 16.4. The molecule has 1 aliphatic rings. The average molecular weight is 290 g/mol. The first kappa shape index (κ1) is 13.1. The van der Waals surface area contributed by atoms with Gasteiger partial charge >= 0.3 is 0 Å². The highest BCUT2D eigenvalue weighted by molar-refractivity contribution is 5.65. The van der Waals surface area contributed by atoms with Gasteiger partial charge < -0.3 is 4.74 Å². The van der Waals surface area contributed by atoms with Crippen LogP contribution in [0.5, 0.6) is 5.75 Å². The van der Waals surface area contributed by atoms with E-state index in [9.17, 15) is 0 Å². The van der Waals surface area contributed by atoms with Gasteiger partial charge in [-0.3, -0.25) is 0 Å². The van der Waals surface area contributed by atoms with Gasteiger partial charge in [0.05, 0.1) is 11.4 Å². The number of benzene rings is 2. The summed E-state index contributed by atoms with van der Waals surface area (Å²) in [5.74, 6) is 1.01. The van der Waals surface area contributed by atoms with Crippen LogP contribution in [0.25, 0.3) is 16.9 Å². The maximum Gasteiger partial charge on any atom is 0.123 e. The summed E-state index contributed by atoms with van der Waals surface area (Å²) < 4.78 is 7.72. The molecule has 2 heterocycles. The van der Waals surface area contributed by atoms with Crippen LogP contribution < -0.4 is 4.74 Å². The predicted octanol–water partition coefficient (Wildman–Crippen LogP) is 4.17. The molecule has 0 saturated heterocycles. The van der Waals surface area contributed by atoms with Crippen molar-refractivity contribution in [3.8, 4) is 22.7 Å². The number of aryl methyl sites for hydroxylation is 1. The number of nitrogens with zero attached hydrogens (tertiary/aromatic N) is 2. The van der Waals surface area contributed by atoms with E-state index in [0.717, 1.165) is 29.1 Å². The van der Waals surface area contributed by atoms with E-state index in [2.05, 4.69) is 50.4 Å². The largest absolute Gasteiger partial charge is 0.490 e. The molecule has 3 aromatic rings. The van der Waals surface area contributed by atoms with E-state index < -0.39 is 0 Å². The molecular formula is C19H18N2O. The third-order valence-electron chi connectivity index (χ3n) is 4.09. The monoisotopic (exact) mass is 290 g/mol. The number of rotatable bonds is 2. The van der Waals surface area contributed by atoms with Gasteiger partial charge in [0, 0.05) is 18.2 Å². The molecule has 3 nitrogen and oxygen atoms in total. The van der Waals surface area contributed by atoms with E-state index in [-0.39, 0.29) is 6.10 Å². The first-order valence-electron chi connectivity index (χ1n) is 7.62. The second-order valence-electron chi connectivity index (χ2n) is 5.90. The lowest BCUT2D eigenvalue weighted by molar-refractivity contribution is 0.254. The summed E-state index contributed by atoms with van der Waals surface area (Å²) in [5, 5.41) is 4.77. The lowest BCUT2D eigenvalue weighted by atomic mass is 10.0. The van der Waals surface area contributed by atoms with E-state index in [1.54, 1.807) is 0 Å². The Morgan fingerprint density at radius 2 is 1.95 bits per heavy atom. The van der Waals surface area contributed by atoms with Crippen LogP contribution in [0.15, 0.2) is 54.7 Å². The molecule has 1 aromatic heterocycles. The first-order valence-corrected chi connectivity index (χ1v) is 7.62. The van der Waals surface area contributed by atoms with Crippen molar-refractivity contribution in [2.24, 2.45) is 0 Å². The molecule has 0 saturated carbocycles. The Labute approximate surface area is 130 Å². The molecule has 22 heavy (non-hydrogen) atoms. The molecule has 0 N–H and O–H groups in total. The number of aromatic nitrogens is 2. The molecule has 2 aromatic carbocycles. The number of hydrogen-bond donors (Lipinski definition) is 0. The van der Waals surface area contributed by atoms with Gasteiger partial charge in [-0.2, -0.15) is 5.10 Å². The zero-order valence-electron chi connectivity index (χ0n) is 12.8. The molecular weight excluding hydrogens is 272 g/mol. The molecule has 110 valence electrons. The van der Waals surface area contributed by atoms with Crippen molar-refractivity contribution < 1.29 is 4.74 Å². The van der Waals surface area contributed by atoms with Crippen molar-refractivity contribution >= 4 is 0 Å². The van der Waals surface area contributed by atoms with Crippen molar-refractivity contribution in [3.05, 3.63) is 65.9 Å². The number of ether oxygens (including phenoxy) is 1. The van der Waals surface area contributed by atoms with E-state index in [1.807, 2.05) is 22.9 Å². The van der Waals surface area contributed by atoms with Crippen molar-refractivity contribution in [2.75, 3.05) is 0 Å². The van der Waals surface area contributed by atoms with Crippen LogP contribution in [0.1, 0.15) is 18.1 Å². The molecule has 0 bridgehead atoms. The Bertz CT molecular complexity index is 821. The summed E-state index contributed by atoms with van der Waals surface area (Å²) in [4.78, 5) is 0. The Balaban J connectivity index is 1.75. The van der Waals surface area contributed by atoms with Crippen LogP contribution in [0.3, 0.4) is 0 Å². The Kier molecular flexibility index (Phi) is 3.00. The van der Waals surface area contributed by atoms with Crippen LogP contribution >= 0.6 is 0 Å². The maximum absolute atomic E-state index is 5.78. The van der Waals surface area contributed by atoms with Gasteiger partial charge in [0.2, 0.25) is 0 Å². The minimum atomic E-state index is 0.272. The predicted molar refractivity (Wildman–Crippen MR) is 87.5 cm³/mol. The fourth-order valence-electron chi connectivity index (χ4n) is 3.03. The quantitative estimate of drug-likeness (QED) is 0.708. The second kappa shape index (κ2) is 5.02. The third-order valence-corrected chi connectivity index (χ3v) is 4.09. The Morgan fingerprint density at radius 3 is 2.77 bits per heavy atom. The minimum absolute atomic E-state index is 0.272.